The number of hydrogen-bond donors (Lipinski definition) is 2. The Balaban J connectivity index is 1.74. The van der Waals surface area contributed by atoms with Crippen molar-refractivity contribution >= 4 is 22.4 Å². The van der Waals surface area contributed by atoms with Crippen LogP contribution in [-0.2, 0) is 0 Å². The summed E-state index contributed by atoms with van der Waals surface area (Å²) < 4.78 is 0. The highest BCUT2D eigenvalue weighted by Crippen LogP contribution is 2.39. The molecule has 1 aromatic heterocycles. The number of aromatic nitrogens is 1. The molecule has 0 spiro atoms. The molecule has 2 fully saturated rings. The molecule has 3 heterocycles. The van der Waals surface area contributed by atoms with Gasteiger partial charge in [-0.05, 0) is 56.0 Å². The fourth-order valence-electron chi connectivity index (χ4n) is 3.80. The molecule has 1 aromatic carbocycles. The third-order valence-electron chi connectivity index (χ3n) is 4.67. The Bertz CT molecular complexity index is 643. The predicted octanol–water partition coefficient (Wildman–Crippen LogP) is 2.31. The first-order valence-electron chi connectivity index (χ1n) is 7.33. The number of aliphatic hydroxyl groups excluding tert-OH is 1. The molecule has 3 N–H and O–H groups in total. The van der Waals surface area contributed by atoms with Crippen molar-refractivity contribution in [3.63, 3.8) is 0 Å². The monoisotopic (exact) mass is 269 g/mol. The van der Waals surface area contributed by atoms with Crippen LogP contribution in [0.4, 0.5) is 11.5 Å². The largest absolute Gasteiger partial charge is 0.399 e. The molecular formula is C16H19N3O. The van der Waals surface area contributed by atoms with Gasteiger partial charge in [-0.2, -0.15) is 0 Å². The molecule has 0 radical (unpaired) electrons. The Labute approximate surface area is 118 Å². The quantitative estimate of drug-likeness (QED) is 0.780. The SMILES string of the molecule is Nc1ccc2nc(N3C4CCC3CC(O)C4)ccc2c1. The molecule has 4 heteroatoms. The van der Waals surface area contributed by atoms with Crippen molar-refractivity contribution in [2.24, 2.45) is 0 Å². The highest BCUT2D eigenvalue weighted by atomic mass is 16.3. The van der Waals surface area contributed by atoms with E-state index < -0.39 is 0 Å². The zero-order valence-corrected chi connectivity index (χ0v) is 11.4. The molecule has 2 aliphatic heterocycles. The number of rotatable bonds is 1. The molecule has 2 atom stereocenters. The van der Waals surface area contributed by atoms with E-state index in [-0.39, 0.29) is 6.10 Å². The summed E-state index contributed by atoms with van der Waals surface area (Å²) in [7, 11) is 0. The van der Waals surface area contributed by atoms with Crippen molar-refractivity contribution in [2.45, 2.75) is 43.9 Å². The number of aliphatic hydroxyl groups is 1. The summed E-state index contributed by atoms with van der Waals surface area (Å²) in [6.45, 7) is 0. The summed E-state index contributed by atoms with van der Waals surface area (Å²) in [5, 5.41) is 11.0. The normalized spacial score (nSPS) is 29.1. The van der Waals surface area contributed by atoms with Gasteiger partial charge in [-0.1, -0.05) is 0 Å². The van der Waals surface area contributed by atoms with Crippen LogP contribution in [0.3, 0.4) is 0 Å². The van der Waals surface area contributed by atoms with E-state index in [0.29, 0.717) is 12.1 Å². The summed E-state index contributed by atoms with van der Waals surface area (Å²) in [5.41, 5.74) is 7.57. The lowest BCUT2D eigenvalue weighted by Gasteiger charge is -2.38. The molecule has 0 saturated carbocycles. The lowest BCUT2D eigenvalue weighted by molar-refractivity contribution is 0.126. The van der Waals surface area contributed by atoms with Crippen LogP contribution in [-0.4, -0.2) is 28.3 Å². The van der Waals surface area contributed by atoms with Gasteiger partial charge in [-0.25, -0.2) is 4.98 Å². The van der Waals surface area contributed by atoms with Gasteiger partial charge in [0.15, 0.2) is 0 Å². The Morgan fingerprint density at radius 3 is 2.60 bits per heavy atom. The molecule has 4 nitrogen and oxygen atoms in total. The highest BCUT2D eigenvalue weighted by Gasteiger charge is 2.40. The van der Waals surface area contributed by atoms with Crippen LogP contribution < -0.4 is 10.6 Å². The van der Waals surface area contributed by atoms with Gasteiger partial charge in [0.25, 0.3) is 0 Å². The predicted molar refractivity (Wildman–Crippen MR) is 80.7 cm³/mol. The first-order valence-corrected chi connectivity index (χ1v) is 7.33. The topological polar surface area (TPSA) is 62.4 Å². The maximum Gasteiger partial charge on any atom is 0.129 e. The van der Waals surface area contributed by atoms with Gasteiger partial charge in [-0.15, -0.1) is 0 Å². The van der Waals surface area contributed by atoms with Crippen molar-refractivity contribution in [1.82, 2.24) is 4.98 Å². The highest BCUT2D eigenvalue weighted by molar-refractivity contribution is 5.83. The molecule has 20 heavy (non-hydrogen) atoms. The van der Waals surface area contributed by atoms with Crippen molar-refractivity contribution in [2.75, 3.05) is 10.6 Å². The summed E-state index contributed by atoms with van der Waals surface area (Å²) in [6, 6.07) is 10.9. The van der Waals surface area contributed by atoms with E-state index in [2.05, 4.69) is 17.0 Å². The Morgan fingerprint density at radius 1 is 1.10 bits per heavy atom. The molecule has 0 aliphatic carbocycles. The van der Waals surface area contributed by atoms with E-state index in [1.54, 1.807) is 0 Å². The third-order valence-corrected chi connectivity index (χ3v) is 4.67. The van der Waals surface area contributed by atoms with Gasteiger partial charge in [0.2, 0.25) is 0 Å². The molecular weight excluding hydrogens is 250 g/mol. The lowest BCUT2D eigenvalue weighted by Crippen LogP contribution is -2.45. The number of anilines is 2. The second kappa shape index (κ2) is 4.35. The van der Waals surface area contributed by atoms with Crippen molar-refractivity contribution in [1.29, 1.82) is 0 Å². The summed E-state index contributed by atoms with van der Waals surface area (Å²) in [6.07, 6.45) is 3.95. The van der Waals surface area contributed by atoms with Crippen LogP contribution in [0.25, 0.3) is 10.9 Å². The molecule has 2 aliphatic rings. The number of nitrogen functional groups attached to an aromatic ring is 1. The molecule has 4 rings (SSSR count). The van der Waals surface area contributed by atoms with E-state index in [1.807, 2.05) is 18.2 Å². The minimum Gasteiger partial charge on any atom is -0.399 e. The Hall–Kier alpha value is -1.81. The van der Waals surface area contributed by atoms with E-state index >= 15 is 0 Å². The summed E-state index contributed by atoms with van der Waals surface area (Å²) in [5.74, 6) is 1.04. The fraction of sp³-hybridized carbons (Fsp3) is 0.438. The van der Waals surface area contributed by atoms with E-state index in [4.69, 9.17) is 10.7 Å². The van der Waals surface area contributed by atoms with Crippen molar-refractivity contribution < 1.29 is 5.11 Å². The van der Waals surface area contributed by atoms with E-state index in [0.717, 1.165) is 35.2 Å². The average molecular weight is 269 g/mol. The number of nitrogens with zero attached hydrogens (tertiary/aromatic N) is 2. The minimum absolute atomic E-state index is 0.135. The maximum atomic E-state index is 9.90. The van der Waals surface area contributed by atoms with Gasteiger partial charge in [0.1, 0.15) is 5.82 Å². The van der Waals surface area contributed by atoms with Crippen LogP contribution in [0.2, 0.25) is 0 Å². The molecule has 2 aromatic rings. The van der Waals surface area contributed by atoms with Gasteiger partial charge >= 0.3 is 0 Å². The van der Waals surface area contributed by atoms with Gasteiger partial charge < -0.3 is 15.7 Å². The second-order valence-corrected chi connectivity index (χ2v) is 6.04. The third kappa shape index (κ3) is 1.83. The van der Waals surface area contributed by atoms with Crippen LogP contribution >= 0.6 is 0 Å². The number of nitrogens with two attached hydrogens (primary N) is 1. The van der Waals surface area contributed by atoms with Crippen LogP contribution in [0.5, 0.6) is 0 Å². The summed E-state index contributed by atoms with van der Waals surface area (Å²) in [4.78, 5) is 7.21. The Morgan fingerprint density at radius 2 is 1.85 bits per heavy atom. The number of piperidine rings is 1. The Kier molecular flexibility index (Phi) is 2.60. The molecule has 2 unspecified atom stereocenters. The van der Waals surface area contributed by atoms with Crippen LogP contribution in [0.1, 0.15) is 25.7 Å². The first-order chi connectivity index (χ1) is 9.70. The van der Waals surface area contributed by atoms with Gasteiger partial charge in [0.05, 0.1) is 11.6 Å². The van der Waals surface area contributed by atoms with Gasteiger partial charge in [0, 0.05) is 23.2 Å². The zero-order valence-electron chi connectivity index (χ0n) is 11.4. The molecule has 104 valence electrons. The second-order valence-electron chi connectivity index (χ2n) is 6.04. The molecule has 2 bridgehead atoms. The number of benzene rings is 1. The van der Waals surface area contributed by atoms with Crippen LogP contribution in [0, 0.1) is 0 Å². The smallest absolute Gasteiger partial charge is 0.129 e. The standard InChI is InChI=1S/C16H19N3O/c17-11-2-5-15-10(7-11)1-6-16(18-15)19-12-3-4-13(19)9-14(20)8-12/h1-2,5-7,12-14,20H,3-4,8-9,17H2. The number of hydrogen-bond acceptors (Lipinski definition) is 4. The number of pyridine rings is 1. The molecule has 0 amide bonds. The number of fused-ring (bicyclic) bond motifs is 3. The van der Waals surface area contributed by atoms with Crippen molar-refractivity contribution in [3.8, 4) is 0 Å². The lowest BCUT2D eigenvalue weighted by atomic mass is 10.00. The minimum atomic E-state index is -0.135. The average Bonchev–Trinajstić information content (AvgIpc) is 2.70. The van der Waals surface area contributed by atoms with Crippen molar-refractivity contribution in [3.05, 3.63) is 30.3 Å². The van der Waals surface area contributed by atoms with E-state index in [9.17, 15) is 5.11 Å². The van der Waals surface area contributed by atoms with E-state index in [1.165, 1.54) is 12.8 Å². The summed E-state index contributed by atoms with van der Waals surface area (Å²) >= 11 is 0. The zero-order chi connectivity index (χ0) is 13.7. The van der Waals surface area contributed by atoms with Crippen LogP contribution in [0.15, 0.2) is 30.3 Å². The molecule has 2 saturated heterocycles. The first kappa shape index (κ1) is 12.0. The van der Waals surface area contributed by atoms with Gasteiger partial charge in [-0.3, -0.25) is 0 Å². The maximum absolute atomic E-state index is 9.90. The fourth-order valence-corrected chi connectivity index (χ4v) is 3.80.